The van der Waals surface area contributed by atoms with E-state index in [0.29, 0.717) is 12.1 Å². The number of nitrogens with zero attached hydrogens (tertiary/aromatic N) is 1. The van der Waals surface area contributed by atoms with Crippen molar-refractivity contribution in [2.45, 2.75) is 12.1 Å². The lowest BCUT2D eigenvalue weighted by molar-refractivity contribution is 0.800. The van der Waals surface area contributed by atoms with Gasteiger partial charge in [0.2, 0.25) is 0 Å². The summed E-state index contributed by atoms with van der Waals surface area (Å²) in [4.78, 5) is 3.64. The van der Waals surface area contributed by atoms with Gasteiger partial charge < -0.3 is 20.2 Å². The van der Waals surface area contributed by atoms with Crippen LogP contribution in [0.2, 0.25) is 0 Å². The van der Waals surface area contributed by atoms with Crippen molar-refractivity contribution in [3.63, 3.8) is 0 Å². The van der Waals surface area contributed by atoms with Crippen LogP contribution in [0.3, 0.4) is 0 Å². The van der Waals surface area contributed by atoms with E-state index in [-0.39, 0.29) is 0 Å². The Morgan fingerprint density at radius 1 is 0.750 bits per heavy atom. The Morgan fingerprint density at radius 3 is 2.56 bits per heavy atom. The number of nitrogens with one attached hydrogen (secondary N) is 3. The second kappa shape index (κ2) is 7.69. The number of rotatable bonds is 3. The normalized spacial score (nSPS) is 20.8. The van der Waals surface area contributed by atoms with Crippen LogP contribution >= 0.6 is 0 Å². The number of benzene rings is 4. The van der Waals surface area contributed by atoms with Gasteiger partial charge >= 0.3 is 0 Å². The number of aromatic nitrogens is 2. The molecule has 4 aromatic carbocycles. The first-order chi connectivity index (χ1) is 17.8. The molecule has 0 saturated carbocycles. The Hall–Kier alpha value is -4.12. The van der Waals surface area contributed by atoms with E-state index >= 15 is 0 Å². The molecule has 2 aliphatic heterocycles. The predicted octanol–water partition coefficient (Wildman–Crippen LogP) is 6.52. The standard InChI is InChI=1S/C32H26N4/c1-3-12-27-23(10-1)25-17-26-24-11-2-4-13-30(24)36(31(26)18-28(25)34-27)22-9-5-8-21(16-22)32-29(35-32)15-20-7-6-14-33-19-20/h1-13,15-18,29,32-35H,14,19H2/b20-15-. The molecule has 2 aromatic heterocycles. The van der Waals surface area contributed by atoms with Crippen LogP contribution in [-0.4, -0.2) is 28.7 Å². The lowest BCUT2D eigenvalue weighted by atomic mass is 10.1. The number of para-hydroxylation sites is 2. The summed E-state index contributed by atoms with van der Waals surface area (Å²) in [7, 11) is 0. The van der Waals surface area contributed by atoms with Gasteiger partial charge in [0, 0.05) is 57.4 Å². The van der Waals surface area contributed by atoms with Crippen LogP contribution in [0.25, 0.3) is 49.3 Å². The minimum absolute atomic E-state index is 0.362. The molecule has 8 rings (SSSR count). The van der Waals surface area contributed by atoms with E-state index in [9.17, 15) is 0 Å². The van der Waals surface area contributed by atoms with Crippen molar-refractivity contribution in [3.8, 4) is 5.69 Å². The van der Waals surface area contributed by atoms with Crippen LogP contribution in [0.1, 0.15) is 11.6 Å². The Balaban J connectivity index is 1.28. The number of hydrogen-bond donors (Lipinski definition) is 3. The molecule has 2 aliphatic rings. The van der Waals surface area contributed by atoms with Crippen LogP contribution < -0.4 is 10.6 Å². The maximum absolute atomic E-state index is 3.67. The molecule has 6 aromatic rings. The molecular weight excluding hydrogens is 440 g/mol. The van der Waals surface area contributed by atoms with Gasteiger partial charge in [0.05, 0.1) is 17.1 Å². The summed E-state index contributed by atoms with van der Waals surface area (Å²) >= 11 is 0. The Bertz CT molecular complexity index is 1870. The van der Waals surface area contributed by atoms with E-state index in [1.807, 2.05) is 0 Å². The summed E-state index contributed by atoms with van der Waals surface area (Å²) in [5, 5.41) is 12.2. The summed E-state index contributed by atoms with van der Waals surface area (Å²) in [6.07, 6.45) is 6.81. The molecule has 3 N–H and O–H groups in total. The van der Waals surface area contributed by atoms with Crippen molar-refractivity contribution in [2.24, 2.45) is 0 Å². The van der Waals surface area contributed by atoms with E-state index < -0.39 is 0 Å². The van der Waals surface area contributed by atoms with E-state index in [4.69, 9.17) is 0 Å². The van der Waals surface area contributed by atoms with Gasteiger partial charge in [-0.05, 0) is 47.5 Å². The molecule has 0 bridgehead atoms. The molecule has 36 heavy (non-hydrogen) atoms. The zero-order valence-electron chi connectivity index (χ0n) is 19.8. The zero-order valence-corrected chi connectivity index (χ0v) is 19.8. The second-order valence-corrected chi connectivity index (χ2v) is 9.98. The summed E-state index contributed by atoms with van der Waals surface area (Å²) in [6, 6.07) is 31.8. The van der Waals surface area contributed by atoms with Gasteiger partial charge in [0.1, 0.15) is 0 Å². The largest absolute Gasteiger partial charge is 0.354 e. The molecule has 2 unspecified atom stereocenters. The van der Waals surface area contributed by atoms with Crippen molar-refractivity contribution in [1.29, 1.82) is 0 Å². The summed E-state index contributed by atoms with van der Waals surface area (Å²) in [5.41, 5.74) is 8.72. The average Bonchev–Trinajstić information content (AvgIpc) is 3.49. The molecular formula is C32H26N4. The van der Waals surface area contributed by atoms with Crippen LogP contribution in [-0.2, 0) is 0 Å². The van der Waals surface area contributed by atoms with Gasteiger partial charge in [-0.1, -0.05) is 66.8 Å². The molecule has 4 heteroatoms. The molecule has 2 atom stereocenters. The zero-order chi connectivity index (χ0) is 23.6. The first-order valence-electron chi connectivity index (χ1n) is 12.7. The fraction of sp³-hybridized carbons (Fsp3) is 0.125. The molecule has 0 radical (unpaired) electrons. The highest BCUT2D eigenvalue weighted by atomic mass is 15.1. The summed E-state index contributed by atoms with van der Waals surface area (Å²) < 4.78 is 2.42. The highest BCUT2D eigenvalue weighted by molar-refractivity contribution is 6.18. The van der Waals surface area contributed by atoms with Gasteiger partial charge in [-0.25, -0.2) is 0 Å². The maximum Gasteiger partial charge on any atom is 0.0562 e. The molecule has 0 spiro atoms. The Morgan fingerprint density at radius 2 is 1.64 bits per heavy atom. The van der Waals surface area contributed by atoms with Crippen LogP contribution in [0, 0.1) is 0 Å². The van der Waals surface area contributed by atoms with Crippen molar-refractivity contribution < 1.29 is 0 Å². The molecule has 174 valence electrons. The van der Waals surface area contributed by atoms with Crippen LogP contribution in [0.5, 0.6) is 0 Å². The summed E-state index contributed by atoms with van der Waals surface area (Å²) in [5.74, 6) is 0. The van der Waals surface area contributed by atoms with Crippen molar-refractivity contribution in [3.05, 3.63) is 114 Å². The summed E-state index contributed by atoms with van der Waals surface area (Å²) in [6.45, 7) is 1.91. The molecule has 0 amide bonds. The fourth-order valence-corrected chi connectivity index (χ4v) is 5.96. The third-order valence-electron chi connectivity index (χ3n) is 7.72. The lowest BCUT2D eigenvalue weighted by Gasteiger charge is -2.10. The van der Waals surface area contributed by atoms with Gasteiger partial charge in [-0.15, -0.1) is 0 Å². The van der Waals surface area contributed by atoms with Crippen molar-refractivity contribution in [2.75, 3.05) is 13.1 Å². The van der Waals surface area contributed by atoms with E-state index in [0.717, 1.165) is 13.1 Å². The highest BCUT2D eigenvalue weighted by Gasteiger charge is 2.36. The minimum Gasteiger partial charge on any atom is -0.354 e. The van der Waals surface area contributed by atoms with E-state index in [1.165, 1.54) is 60.4 Å². The fourth-order valence-electron chi connectivity index (χ4n) is 5.96. The van der Waals surface area contributed by atoms with Crippen molar-refractivity contribution >= 4 is 43.6 Å². The van der Waals surface area contributed by atoms with Gasteiger partial charge in [-0.2, -0.15) is 0 Å². The van der Waals surface area contributed by atoms with E-state index in [1.54, 1.807) is 0 Å². The van der Waals surface area contributed by atoms with Gasteiger partial charge in [-0.3, -0.25) is 0 Å². The molecule has 1 fully saturated rings. The third-order valence-corrected chi connectivity index (χ3v) is 7.72. The van der Waals surface area contributed by atoms with Crippen LogP contribution in [0.4, 0.5) is 0 Å². The average molecular weight is 467 g/mol. The smallest absolute Gasteiger partial charge is 0.0562 e. The number of fused-ring (bicyclic) bond motifs is 6. The topological polar surface area (TPSA) is 54.7 Å². The maximum atomic E-state index is 3.67. The van der Waals surface area contributed by atoms with Crippen LogP contribution in [0.15, 0.2) is 109 Å². The number of hydrogen-bond acceptors (Lipinski definition) is 2. The van der Waals surface area contributed by atoms with Gasteiger partial charge in [0.25, 0.3) is 0 Å². The monoisotopic (exact) mass is 466 g/mol. The lowest BCUT2D eigenvalue weighted by Crippen LogP contribution is -2.20. The van der Waals surface area contributed by atoms with E-state index in [2.05, 4.69) is 123 Å². The number of aromatic amines is 1. The molecule has 1 saturated heterocycles. The first kappa shape index (κ1) is 20.1. The first-order valence-corrected chi connectivity index (χ1v) is 12.7. The SMILES string of the molecule is C1=C/C(=C/C2NC2c2cccc(-n3c4ccccc4c4cc5c(cc43)[nH]c3ccccc35)c2)CNC1. The Labute approximate surface area is 208 Å². The van der Waals surface area contributed by atoms with Gasteiger partial charge in [0.15, 0.2) is 0 Å². The third kappa shape index (κ3) is 3.08. The molecule has 4 heterocycles. The second-order valence-electron chi connectivity index (χ2n) is 9.98. The minimum atomic E-state index is 0.362. The van der Waals surface area contributed by atoms with Crippen molar-refractivity contribution in [1.82, 2.24) is 20.2 Å². The molecule has 0 aliphatic carbocycles. The molecule has 4 nitrogen and oxygen atoms in total. The highest BCUT2D eigenvalue weighted by Crippen LogP contribution is 2.38. The quantitative estimate of drug-likeness (QED) is 0.260. The predicted molar refractivity (Wildman–Crippen MR) is 150 cm³/mol. The Kier molecular flexibility index (Phi) is 4.30. The number of H-pyrrole nitrogens is 1.